The Morgan fingerprint density at radius 3 is 2.76 bits per heavy atom. The first kappa shape index (κ1) is 12.1. The summed E-state index contributed by atoms with van der Waals surface area (Å²) in [5.41, 5.74) is 6.27. The Balaban J connectivity index is 2.34. The molecular weight excluding hydrogens is 305 g/mol. The van der Waals surface area contributed by atoms with Crippen molar-refractivity contribution in [3.05, 3.63) is 39.5 Å². The Hall–Kier alpha value is -1.33. The van der Waals surface area contributed by atoms with E-state index in [1.165, 1.54) is 0 Å². The highest BCUT2D eigenvalue weighted by atomic mass is 79.9. The van der Waals surface area contributed by atoms with Crippen molar-refractivity contribution in [2.45, 2.75) is 6.92 Å². The predicted molar refractivity (Wildman–Crippen MR) is 70.4 cm³/mol. The van der Waals surface area contributed by atoms with Crippen molar-refractivity contribution < 1.29 is 4.74 Å². The van der Waals surface area contributed by atoms with Crippen LogP contribution in [0, 0.1) is 6.92 Å². The molecule has 0 radical (unpaired) electrons. The van der Waals surface area contributed by atoms with Gasteiger partial charge in [0.05, 0.1) is 5.02 Å². The van der Waals surface area contributed by atoms with Gasteiger partial charge in [0.2, 0.25) is 11.8 Å². The van der Waals surface area contributed by atoms with Crippen LogP contribution in [0.5, 0.6) is 11.6 Å². The smallest absolute Gasteiger partial charge is 0.224 e. The van der Waals surface area contributed by atoms with Crippen molar-refractivity contribution in [3.8, 4) is 11.6 Å². The molecule has 0 saturated carbocycles. The average Bonchev–Trinajstić information content (AvgIpc) is 2.22. The third kappa shape index (κ3) is 3.08. The molecule has 0 amide bonds. The van der Waals surface area contributed by atoms with Crippen molar-refractivity contribution in [3.63, 3.8) is 0 Å². The highest BCUT2D eigenvalue weighted by Crippen LogP contribution is 2.31. The average molecular weight is 315 g/mol. The van der Waals surface area contributed by atoms with Crippen LogP contribution in [-0.2, 0) is 0 Å². The van der Waals surface area contributed by atoms with E-state index < -0.39 is 0 Å². The molecule has 0 aliphatic heterocycles. The molecular formula is C11H9BrClN3O. The van der Waals surface area contributed by atoms with Gasteiger partial charge in [0.25, 0.3) is 0 Å². The minimum Gasteiger partial charge on any atom is -0.437 e. The fourth-order valence-electron chi connectivity index (χ4n) is 1.28. The summed E-state index contributed by atoms with van der Waals surface area (Å²) in [6.07, 6.45) is 0. The van der Waals surface area contributed by atoms with Crippen LogP contribution in [0.1, 0.15) is 5.69 Å². The summed E-state index contributed by atoms with van der Waals surface area (Å²) in [6, 6.07) is 7.01. The number of hydrogen-bond donors (Lipinski definition) is 1. The lowest BCUT2D eigenvalue weighted by Crippen LogP contribution is -1.98. The molecule has 2 N–H and O–H groups in total. The van der Waals surface area contributed by atoms with E-state index in [1.807, 2.05) is 13.0 Å². The van der Waals surface area contributed by atoms with Crippen LogP contribution in [0.4, 0.5) is 5.95 Å². The fraction of sp³-hybridized carbons (Fsp3) is 0.0909. The monoisotopic (exact) mass is 313 g/mol. The molecule has 0 spiro atoms. The van der Waals surface area contributed by atoms with E-state index in [0.717, 1.165) is 10.2 Å². The molecule has 0 atom stereocenters. The Morgan fingerprint density at radius 2 is 2.06 bits per heavy atom. The number of aromatic nitrogens is 2. The molecule has 0 bridgehead atoms. The van der Waals surface area contributed by atoms with Gasteiger partial charge in [-0.25, -0.2) is 4.98 Å². The Kier molecular flexibility index (Phi) is 3.49. The Morgan fingerprint density at radius 1 is 1.29 bits per heavy atom. The molecule has 4 nitrogen and oxygen atoms in total. The normalized spacial score (nSPS) is 10.3. The summed E-state index contributed by atoms with van der Waals surface area (Å²) in [5.74, 6) is 1.06. The summed E-state index contributed by atoms with van der Waals surface area (Å²) in [4.78, 5) is 7.93. The number of nitrogen functional groups attached to an aromatic ring is 1. The number of halogens is 2. The van der Waals surface area contributed by atoms with Gasteiger partial charge in [-0.05, 0) is 25.1 Å². The third-order valence-electron chi connectivity index (χ3n) is 1.96. The summed E-state index contributed by atoms with van der Waals surface area (Å²) in [5, 5.41) is 0.503. The molecule has 0 saturated heterocycles. The second-order valence-electron chi connectivity index (χ2n) is 3.38. The van der Waals surface area contributed by atoms with Gasteiger partial charge in [0, 0.05) is 16.2 Å². The molecule has 0 aliphatic rings. The maximum Gasteiger partial charge on any atom is 0.224 e. The Bertz CT molecular complexity index is 542. The molecule has 1 aromatic heterocycles. The number of ether oxygens (including phenoxy) is 1. The lowest BCUT2D eigenvalue weighted by molar-refractivity contribution is 0.462. The molecule has 1 aromatic carbocycles. The van der Waals surface area contributed by atoms with Crippen molar-refractivity contribution >= 4 is 33.5 Å². The summed E-state index contributed by atoms with van der Waals surface area (Å²) in [7, 11) is 0. The molecule has 88 valence electrons. The summed E-state index contributed by atoms with van der Waals surface area (Å²) < 4.78 is 6.43. The molecule has 2 aromatic rings. The number of aryl methyl sites for hydroxylation is 1. The second kappa shape index (κ2) is 4.89. The van der Waals surface area contributed by atoms with E-state index in [0.29, 0.717) is 16.7 Å². The van der Waals surface area contributed by atoms with Crippen molar-refractivity contribution in [1.29, 1.82) is 0 Å². The number of rotatable bonds is 2. The van der Waals surface area contributed by atoms with Gasteiger partial charge in [-0.1, -0.05) is 27.5 Å². The van der Waals surface area contributed by atoms with Crippen LogP contribution in [0.25, 0.3) is 0 Å². The topological polar surface area (TPSA) is 61.0 Å². The predicted octanol–water partition coefficient (Wildman–Crippen LogP) is 3.58. The van der Waals surface area contributed by atoms with Gasteiger partial charge in [0.15, 0.2) is 0 Å². The van der Waals surface area contributed by atoms with Crippen LogP contribution in [-0.4, -0.2) is 9.97 Å². The maximum absolute atomic E-state index is 6.01. The largest absolute Gasteiger partial charge is 0.437 e. The minimum absolute atomic E-state index is 0.172. The SMILES string of the molecule is Cc1cc(Oc2cc(Br)ccc2Cl)nc(N)n1. The number of benzene rings is 1. The molecule has 1 heterocycles. The first-order valence-electron chi connectivity index (χ1n) is 4.78. The first-order valence-corrected chi connectivity index (χ1v) is 5.96. The van der Waals surface area contributed by atoms with Gasteiger partial charge < -0.3 is 10.5 Å². The van der Waals surface area contributed by atoms with Gasteiger partial charge in [0.1, 0.15) is 5.75 Å². The number of nitrogens with zero attached hydrogens (tertiary/aromatic N) is 2. The van der Waals surface area contributed by atoms with Crippen molar-refractivity contribution in [2.24, 2.45) is 0 Å². The molecule has 0 fully saturated rings. The highest BCUT2D eigenvalue weighted by Gasteiger charge is 2.06. The molecule has 17 heavy (non-hydrogen) atoms. The zero-order valence-corrected chi connectivity index (χ0v) is 11.3. The van der Waals surface area contributed by atoms with Crippen molar-refractivity contribution in [2.75, 3.05) is 5.73 Å². The molecule has 0 aliphatic carbocycles. The quantitative estimate of drug-likeness (QED) is 0.920. The van der Waals surface area contributed by atoms with Gasteiger partial charge >= 0.3 is 0 Å². The number of anilines is 1. The summed E-state index contributed by atoms with van der Waals surface area (Å²) >= 11 is 9.35. The number of hydrogen-bond acceptors (Lipinski definition) is 4. The number of nitrogens with two attached hydrogens (primary N) is 1. The first-order chi connectivity index (χ1) is 8.04. The zero-order valence-electron chi connectivity index (χ0n) is 8.95. The van der Waals surface area contributed by atoms with E-state index in [9.17, 15) is 0 Å². The van der Waals surface area contributed by atoms with Crippen molar-refractivity contribution in [1.82, 2.24) is 9.97 Å². The minimum atomic E-state index is 0.172. The van der Waals surface area contributed by atoms with Crippen LogP contribution in [0.2, 0.25) is 5.02 Å². The van der Waals surface area contributed by atoms with Crippen LogP contribution in [0.15, 0.2) is 28.7 Å². The third-order valence-corrected chi connectivity index (χ3v) is 2.76. The van der Waals surface area contributed by atoms with E-state index in [4.69, 9.17) is 22.1 Å². The summed E-state index contributed by atoms with van der Waals surface area (Å²) in [6.45, 7) is 1.81. The van der Waals surface area contributed by atoms with Crippen LogP contribution in [0.3, 0.4) is 0 Å². The second-order valence-corrected chi connectivity index (χ2v) is 4.71. The lowest BCUT2D eigenvalue weighted by atomic mass is 10.3. The van der Waals surface area contributed by atoms with Gasteiger partial charge in [-0.2, -0.15) is 4.98 Å². The van der Waals surface area contributed by atoms with E-state index in [-0.39, 0.29) is 5.95 Å². The zero-order chi connectivity index (χ0) is 12.4. The van der Waals surface area contributed by atoms with Gasteiger partial charge in [-0.3, -0.25) is 0 Å². The van der Waals surface area contributed by atoms with Crippen LogP contribution < -0.4 is 10.5 Å². The van der Waals surface area contributed by atoms with E-state index >= 15 is 0 Å². The molecule has 0 unspecified atom stereocenters. The molecule has 6 heteroatoms. The highest BCUT2D eigenvalue weighted by molar-refractivity contribution is 9.10. The maximum atomic E-state index is 6.01. The lowest BCUT2D eigenvalue weighted by Gasteiger charge is -2.07. The Labute approximate surface area is 112 Å². The standard InChI is InChI=1S/C11H9BrClN3O/c1-6-4-10(16-11(14)15-6)17-9-5-7(12)2-3-8(9)13/h2-5H,1H3,(H2,14,15,16). The van der Waals surface area contributed by atoms with E-state index in [1.54, 1.807) is 18.2 Å². The molecule has 2 rings (SSSR count). The van der Waals surface area contributed by atoms with Crippen LogP contribution >= 0.6 is 27.5 Å². The van der Waals surface area contributed by atoms with Gasteiger partial charge in [-0.15, -0.1) is 0 Å². The van der Waals surface area contributed by atoms with E-state index in [2.05, 4.69) is 25.9 Å². The fourth-order valence-corrected chi connectivity index (χ4v) is 1.78.